The average molecular weight is 482 g/mol. The van der Waals surface area contributed by atoms with Gasteiger partial charge in [-0.3, -0.25) is 9.59 Å². The van der Waals surface area contributed by atoms with Gasteiger partial charge in [0.15, 0.2) is 0 Å². The van der Waals surface area contributed by atoms with Crippen molar-refractivity contribution in [1.29, 1.82) is 0 Å². The fourth-order valence-corrected chi connectivity index (χ4v) is 4.56. The number of nitrogens with one attached hydrogen (secondary N) is 1. The van der Waals surface area contributed by atoms with E-state index in [1.165, 1.54) is 5.01 Å². The van der Waals surface area contributed by atoms with Crippen LogP contribution in [0.25, 0.3) is 0 Å². The van der Waals surface area contributed by atoms with Crippen molar-refractivity contribution < 1.29 is 23.9 Å². The second kappa shape index (κ2) is 10.7. The number of hydrogen-bond acceptors (Lipinski definition) is 6. The molecule has 2 aliphatic heterocycles. The average Bonchev–Trinajstić information content (AvgIpc) is 2.87. The minimum Gasteiger partial charge on any atom is -0.497 e. The first-order chi connectivity index (χ1) is 16.9. The monoisotopic (exact) mass is 481 g/mol. The van der Waals surface area contributed by atoms with E-state index >= 15 is 0 Å². The number of fused-ring (bicyclic) bond motifs is 1. The van der Waals surface area contributed by atoms with Crippen LogP contribution in [0.2, 0.25) is 0 Å². The third-order valence-corrected chi connectivity index (χ3v) is 6.32. The Morgan fingerprint density at radius 3 is 2.43 bits per heavy atom. The summed E-state index contributed by atoms with van der Waals surface area (Å²) in [6.07, 6.45) is -0.656. The molecular formula is C25H31N5O5. The fraction of sp³-hybridized carbons (Fsp3) is 0.400. The van der Waals surface area contributed by atoms with Gasteiger partial charge in [0, 0.05) is 27.2 Å². The van der Waals surface area contributed by atoms with Crippen molar-refractivity contribution in [2.45, 2.75) is 18.8 Å². The van der Waals surface area contributed by atoms with E-state index in [0.717, 1.165) is 11.3 Å². The van der Waals surface area contributed by atoms with Crippen LogP contribution in [0.4, 0.5) is 4.79 Å². The third kappa shape index (κ3) is 5.08. The molecule has 0 spiro atoms. The van der Waals surface area contributed by atoms with Crippen LogP contribution in [0.5, 0.6) is 5.75 Å². The molecule has 0 aliphatic carbocycles. The number of carbonyl (C=O) groups is 3. The number of methoxy groups -OCH3 is 2. The Balaban J connectivity index is 1.60. The molecule has 0 saturated carbocycles. The number of benzene rings is 2. The maximum atomic E-state index is 13.5. The number of urea groups is 1. The third-order valence-electron chi connectivity index (χ3n) is 6.32. The molecule has 1 N–H and O–H groups in total. The van der Waals surface area contributed by atoms with Gasteiger partial charge in [-0.05, 0) is 23.3 Å². The number of likely N-dealkylation sites (N-methyl/N-ethyl adjacent to an activating group) is 1. The number of piperazine rings is 1. The van der Waals surface area contributed by atoms with Gasteiger partial charge >= 0.3 is 6.03 Å². The molecule has 0 bridgehead atoms. The summed E-state index contributed by atoms with van der Waals surface area (Å²) in [7, 11) is 4.88. The molecule has 2 fully saturated rings. The minimum atomic E-state index is -0.815. The van der Waals surface area contributed by atoms with E-state index in [9.17, 15) is 14.4 Å². The number of nitrogens with zero attached hydrogens (tertiary/aromatic N) is 4. The second-order valence-corrected chi connectivity index (χ2v) is 8.54. The van der Waals surface area contributed by atoms with E-state index in [1.54, 1.807) is 36.1 Å². The first-order valence-corrected chi connectivity index (χ1v) is 11.5. The number of carbonyl (C=O) groups excluding carboxylic acids is 3. The fourth-order valence-electron chi connectivity index (χ4n) is 4.56. The first-order valence-electron chi connectivity index (χ1n) is 11.5. The molecule has 186 valence electrons. The van der Waals surface area contributed by atoms with E-state index < -0.39 is 12.2 Å². The SMILES string of the molecule is COCCN1C[C@H]2N(C(=O)CN(C)N2C(=O)NCc2ccc(OC)cc2)[C@@H](c2ccccc2)C1=O. The Bertz CT molecular complexity index is 1050. The lowest BCUT2D eigenvalue weighted by molar-refractivity contribution is -0.188. The maximum absolute atomic E-state index is 13.5. The zero-order valence-electron chi connectivity index (χ0n) is 20.2. The van der Waals surface area contributed by atoms with Crippen LogP contribution in [0.1, 0.15) is 17.2 Å². The molecule has 0 aromatic heterocycles. The van der Waals surface area contributed by atoms with Gasteiger partial charge in [-0.2, -0.15) is 0 Å². The Kier molecular flexibility index (Phi) is 7.52. The van der Waals surface area contributed by atoms with Gasteiger partial charge in [-0.1, -0.05) is 42.5 Å². The van der Waals surface area contributed by atoms with Crippen LogP contribution >= 0.6 is 0 Å². The maximum Gasteiger partial charge on any atom is 0.334 e. The molecule has 4 rings (SSSR count). The Hall–Kier alpha value is -3.63. The van der Waals surface area contributed by atoms with Crippen LogP contribution < -0.4 is 10.1 Å². The summed E-state index contributed by atoms with van der Waals surface area (Å²) in [5.41, 5.74) is 1.62. The molecule has 0 unspecified atom stereocenters. The second-order valence-electron chi connectivity index (χ2n) is 8.54. The summed E-state index contributed by atoms with van der Waals surface area (Å²) in [6.45, 7) is 1.20. The predicted molar refractivity (Wildman–Crippen MR) is 128 cm³/mol. The Morgan fingerprint density at radius 1 is 1.06 bits per heavy atom. The van der Waals surface area contributed by atoms with E-state index in [2.05, 4.69) is 5.32 Å². The number of ether oxygens (including phenoxy) is 2. The number of hydrazine groups is 1. The molecule has 2 aromatic rings. The van der Waals surface area contributed by atoms with Crippen LogP contribution in [-0.2, 0) is 20.9 Å². The van der Waals surface area contributed by atoms with Gasteiger partial charge in [0.25, 0.3) is 0 Å². The lowest BCUT2D eigenvalue weighted by atomic mass is 9.99. The molecule has 10 heteroatoms. The Morgan fingerprint density at radius 2 is 1.77 bits per heavy atom. The molecule has 2 aliphatic rings. The highest BCUT2D eigenvalue weighted by molar-refractivity contribution is 5.92. The summed E-state index contributed by atoms with van der Waals surface area (Å²) in [6, 6.07) is 15.5. The van der Waals surface area contributed by atoms with Gasteiger partial charge in [0.05, 0.1) is 26.8 Å². The quantitative estimate of drug-likeness (QED) is 0.644. The first kappa shape index (κ1) is 24.5. The van der Waals surface area contributed by atoms with Crippen molar-refractivity contribution in [2.75, 3.05) is 47.5 Å². The zero-order chi connectivity index (χ0) is 24.9. The van der Waals surface area contributed by atoms with E-state index in [0.29, 0.717) is 25.3 Å². The van der Waals surface area contributed by atoms with E-state index in [-0.39, 0.29) is 30.9 Å². The van der Waals surface area contributed by atoms with E-state index in [4.69, 9.17) is 9.47 Å². The normalized spacial score (nSPS) is 20.6. The standard InChI is InChI=1S/C25H31N5O5/c1-27-17-22(31)29-21(30(27)25(33)26-15-18-9-11-20(35-3)12-10-18)16-28(13-14-34-2)24(32)23(29)19-7-5-4-6-8-19/h4-12,21,23H,13-17H2,1-3H3,(H,26,33)/t21-,23-/m0/s1. The predicted octanol–water partition coefficient (Wildman–Crippen LogP) is 1.45. The van der Waals surface area contributed by atoms with Gasteiger partial charge in [-0.25, -0.2) is 14.8 Å². The van der Waals surface area contributed by atoms with Crippen LogP contribution in [0.3, 0.4) is 0 Å². The molecule has 35 heavy (non-hydrogen) atoms. The molecule has 10 nitrogen and oxygen atoms in total. The van der Waals surface area contributed by atoms with E-state index in [1.807, 2.05) is 54.6 Å². The highest BCUT2D eigenvalue weighted by atomic mass is 16.5. The molecular weight excluding hydrogens is 450 g/mol. The summed E-state index contributed by atoms with van der Waals surface area (Å²) in [5.74, 6) is 0.353. The molecule has 2 atom stereocenters. The smallest absolute Gasteiger partial charge is 0.334 e. The highest BCUT2D eigenvalue weighted by Crippen LogP contribution is 2.34. The summed E-state index contributed by atoms with van der Waals surface area (Å²) >= 11 is 0. The van der Waals surface area contributed by atoms with Crippen molar-refractivity contribution >= 4 is 17.8 Å². The molecule has 2 saturated heterocycles. The summed E-state index contributed by atoms with van der Waals surface area (Å²) in [4.78, 5) is 43.3. The zero-order valence-corrected chi connectivity index (χ0v) is 20.2. The highest BCUT2D eigenvalue weighted by Gasteiger charge is 2.51. The summed E-state index contributed by atoms with van der Waals surface area (Å²) < 4.78 is 10.4. The van der Waals surface area contributed by atoms with Crippen LogP contribution in [-0.4, -0.2) is 91.3 Å². The molecule has 0 radical (unpaired) electrons. The summed E-state index contributed by atoms with van der Waals surface area (Å²) in [5, 5.41) is 6.09. The number of amides is 4. The van der Waals surface area contributed by atoms with Gasteiger partial charge < -0.3 is 24.6 Å². The van der Waals surface area contributed by atoms with Crippen molar-refractivity contribution in [2.24, 2.45) is 0 Å². The van der Waals surface area contributed by atoms with Crippen molar-refractivity contribution in [3.8, 4) is 5.75 Å². The van der Waals surface area contributed by atoms with Gasteiger partial charge in [0.2, 0.25) is 11.8 Å². The number of hydrogen-bond donors (Lipinski definition) is 1. The molecule has 4 amide bonds. The van der Waals surface area contributed by atoms with Gasteiger partial charge in [-0.15, -0.1) is 0 Å². The number of rotatable bonds is 7. The molecule has 2 heterocycles. The Labute approximate surface area is 204 Å². The lowest BCUT2D eigenvalue weighted by Gasteiger charge is -2.54. The van der Waals surface area contributed by atoms with Crippen LogP contribution in [0, 0.1) is 0 Å². The van der Waals surface area contributed by atoms with Crippen LogP contribution in [0.15, 0.2) is 54.6 Å². The molecule has 2 aromatic carbocycles. The van der Waals surface area contributed by atoms with Crippen molar-refractivity contribution in [1.82, 2.24) is 25.1 Å². The lowest BCUT2D eigenvalue weighted by Crippen LogP contribution is -2.73. The largest absolute Gasteiger partial charge is 0.497 e. The minimum absolute atomic E-state index is 0.0128. The topological polar surface area (TPSA) is 94.7 Å². The van der Waals surface area contributed by atoms with Crippen molar-refractivity contribution in [3.63, 3.8) is 0 Å². The van der Waals surface area contributed by atoms with Crippen molar-refractivity contribution in [3.05, 3.63) is 65.7 Å². The van der Waals surface area contributed by atoms with Gasteiger partial charge in [0.1, 0.15) is 18.0 Å².